The Kier molecular flexibility index (Phi) is 9.77. The quantitative estimate of drug-likeness (QED) is 0.478. The van der Waals surface area contributed by atoms with Gasteiger partial charge in [-0.2, -0.15) is 12.6 Å². The Hall–Kier alpha value is -0.540. The van der Waals surface area contributed by atoms with Gasteiger partial charge in [0.2, 0.25) is 0 Å². The first-order valence-electron chi connectivity index (χ1n) is 7.94. The van der Waals surface area contributed by atoms with Gasteiger partial charge in [-0.05, 0) is 51.2 Å². The van der Waals surface area contributed by atoms with Crippen LogP contribution < -0.4 is 0 Å². The summed E-state index contributed by atoms with van der Waals surface area (Å²) >= 11 is 4.24. The molecule has 0 aliphatic carbocycles. The van der Waals surface area contributed by atoms with Gasteiger partial charge in [-0.15, -0.1) is 0 Å². The van der Waals surface area contributed by atoms with Crippen molar-refractivity contribution in [1.29, 1.82) is 0 Å². The summed E-state index contributed by atoms with van der Waals surface area (Å²) in [5, 5.41) is 0. The monoisotopic (exact) mass is 294 g/mol. The van der Waals surface area contributed by atoms with Gasteiger partial charge in [0.15, 0.2) is 0 Å². The molecule has 2 nitrogen and oxygen atoms in total. The Morgan fingerprint density at radius 3 is 2.30 bits per heavy atom. The lowest BCUT2D eigenvalue weighted by Gasteiger charge is -2.16. The molecule has 1 heterocycles. The second-order valence-corrected chi connectivity index (χ2v) is 6.15. The molecule has 0 fully saturated rings. The van der Waals surface area contributed by atoms with Crippen molar-refractivity contribution in [2.45, 2.75) is 58.4 Å². The first kappa shape index (κ1) is 17.5. The molecule has 0 saturated heterocycles. The third kappa shape index (κ3) is 8.60. The van der Waals surface area contributed by atoms with Crippen LogP contribution in [0.25, 0.3) is 0 Å². The number of thiol groups is 1. The van der Waals surface area contributed by atoms with Crippen molar-refractivity contribution in [1.82, 2.24) is 9.88 Å². The summed E-state index contributed by atoms with van der Waals surface area (Å²) in [5.41, 5.74) is 2.29. The van der Waals surface area contributed by atoms with Gasteiger partial charge >= 0.3 is 0 Å². The lowest BCUT2D eigenvalue weighted by atomic mass is 10.1. The summed E-state index contributed by atoms with van der Waals surface area (Å²) in [6.07, 6.45) is 9.42. The minimum Gasteiger partial charge on any atom is -0.301 e. The number of hydrogen-bond acceptors (Lipinski definition) is 3. The van der Waals surface area contributed by atoms with Crippen molar-refractivity contribution >= 4 is 12.6 Å². The standard InChI is InChI=1S/C17H30N2S/c1-16-11-10-12-17(18-16)15-19(2)13-8-6-4-3-5-7-9-14-20/h10-12,20H,3-9,13-15H2,1-2H3. The molecule has 114 valence electrons. The van der Waals surface area contributed by atoms with Crippen LogP contribution in [0.2, 0.25) is 0 Å². The van der Waals surface area contributed by atoms with Crippen LogP contribution in [0.1, 0.15) is 56.3 Å². The highest BCUT2D eigenvalue weighted by Crippen LogP contribution is 2.09. The number of pyridine rings is 1. The summed E-state index contributed by atoms with van der Waals surface area (Å²) in [5.74, 6) is 1.04. The number of aryl methyl sites for hydroxylation is 1. The SMILES string of the molecule is Cc1cccc(CN(C)CCCCCCCCCS)n1. The van der Waals surface area contributed by atoms with Gasteiger partial charge in [0.1, 0.15) is 0 Å². The Morgan fingerprint density at radius 1 is 1.00 bits per heavy atom. The molecule has 0 atom stereocenters. The number of rotatable bonds is 11. The molecule has 1 rings (SSSR count). The summed E-state index contributed by atoms with van der Waals surface area (Å²) in [6.45, 7) is 4.19. The molecule has 0 aliphatic heterocycles. The molecule has 0 bridgehead atoms. The van der Waals surface area contributed by atoms with Gasteiger partial charge < -0.3 is 4.90 Å². The summed E-state index contributed by atoms with van der Waals surface area (Å²) < 4.78 is 0. The van der Waals surface area contributed by atoms with Crippen LogP contribution >= 0.6 is 12.6 Å². The fourth-order valence-electron chi connectivity index (χ4n) is 2.42. The van der Waals surface area contributed by atoms with Gasteiger partial charge in [-0.3, -0.25) is 4.98 Å². The molecule has 0 amide bonds. The second-order valence-electron chi connectivity index (χ2n) is 5.71. The normalized spacial score (nSPS) is 11.2. The van der Waals surface area contributed by atoms with Gasteiger partial charge in [0.05, 0.1) is 5.69 Å². The number of aromatic nitrogens is 1. The van der Waals surface area contributed by atoms with E-state index >= 15 is 0 Å². The van der Waals surface area contributed by atoms with E-state index in [1.165, 1.54) is 57.2 Å². The summed E-state index contributed by atoms with van der Waals surface area (Å²) in [4.78, 5) is 6.93. The highest BCUT2D eigenvalue weighted by Gasteiger charge is 2.01. The highest BCUT2D eigenvalue weighted by atomic mass is 32.1. The van der Waals surface area contributed by atoms with Gasteiger partial charge in [-0.25, -0.2) is 0 Å². The molecule has 20 heavy (non-hydrogen) atoms. The van der Waals surface area contributed by atoms with E-state index in [0.717, 1.165) is 18.0 Å². The van der Waals surface area contributed by atoms with E-state index in [0.29, 0.717) is 0 Å². The van der Waals surface area contributed by atoms with Crippen LogP contribution in [-0.4, -0.2) is 29.2 Å². The maximum Gasteiger partial charge on any atom is 0.0547 e. The third-order valence-corrected chi connectivity index (χ3v) is 3.89. The van der Waals surface area contributed by atoms with Crippen LogP contribution in [-0.2, 0) is 6.54 Å². The predicted octanol–water partition coefficient (Wildman–Crippen LogP) is 4.48. The van der Waals surface area contributed by atoms with Crippen LogP contribution in [0.3, 0.4) is 0 Å². The number of hydrogen-bond donors (Lipinski definition) is 1. The Labute approximate surface area is 130 Å². The van der Waals surface area contributed by atoms with Crippen molar-refractivity contribution in [2.75, 3.05) is 19.3 Å². The maximum absolute atomic E-state index is 4.55. The zero-order valence-corrected chi connectivity index (χ0v) is 14.0. The first-order chi connectivity index (χ1) is 9.72. The van der Waals surface area contributed by atoms with Gasteiger partial charge in [0.25, 0.3) is 0 Å². The third-order valence-electron chi connectivity index (χ3n) is 3.58. The minimum absolute atomic E-state index is 0.962. The smallest absolute Gasteiger partial charge is 0.0547 e. The topological polar surface area (TPSA) is 16.1 Å². The highest BCUT2D eigenvalue weighted by molar-refractivity contribution is 7.80. The molecule has 0 unspecified atom stereocenters. The lowest BCUT2D eigenvalue weighted by Crippen LogP contribution is -2.19. The minimum atomic E-state index is 0.962. The predicted molar refractivity (Wildman–Crippen MR) is 91.5 cm³/mol. The van der Waals surface area contributed by atoms with Crippen LogP contribution in [0.5, 0.6) is 0 Å². The van der Waals surface area contributed by atoms with Crippen molar-refractivity contribution in [3.8, 4) is 0 Å². The molecule has 0 N–H and O–H groups in total. The Morgan fingerprint density at radius 2 is 1.65 bits per heavy atom. The lowest BCUT2D eigenvalue weighted by molar-refractivity contribution is 0.312. The molecule has 1 aromatic rings. The van der Waals surface area contributed by atoms with Gasteiger partial charge in [-0.1, -0.05) is 38.2 Å². The fraction of sp³-hybridized carbons (Fsp3) is 0.706. The van der Waals surface area contributed by atoms with Crippen molar-refractivity contribution in [3.05, 3.63) is 29.6 Å². The Balaban J connectivity index is 2.01. The van der Waals surface area contributed by atoms with Crippen molar-refractivity contribution in [3.63, 3.8) is 0 Å². The average Bonchev–Trinajstić information content (AvgIpc) is 2.42. The molecule has 1 aromatic heterocycles. The van der Waals surface area contributed by atoms with E-state index < -0.39 is 0 Å². The van der Waals surface area contributed by atoms with Crippen molar-refractivity contribution in [2.24, 2.45) is 0 Å². The fourth-order valence-corrected chi connectivity index (χ4v) is 2.64. The van der Waals surface area contributed by atoms with Crippen LogP contribution in [0.15, 0.2) is 18.2 Å². The van der Waals surface area contributed by atoms with E-state index in [9.17, 15) is 0 Å². The molecule has 3 heteroatoms. The van der Waals surface area contributed by atoms with Gasteiger partial charge in [0, 0.05) is 12.2 Å². The number of unbranched alkanes of at least 4 members (excludes halogenated alkanes) is 6. The van der Waals surface area contributed by atoms with Crippen LogP contribution in [0.4, 0.5) is 0 Å². The molecular formula is C17H30N2S. The van der Waals surface area contributed by atoms with E-state index in [2.05, 4.69) is 54.7 Å². The van der Waals surface area contributed by atoms with E-state index in [1.54, 1.807) is 0 Å². The summed E-state index contributed by atoms with van der Waals surface area (Å²) in [7, 11) is 2.19. The maximum atomic E-state index is 4.55. The summed E-state index contributed by atoms with van der Waals surface area (Å²) in [6, 6.07) is 6.26. The first-order valence-corrected chi connectivity index (χ1v) is 8.57. The molecule has 0 saturated carbocycles. The molecule has 0 spiro atoms. The van der Waals surface area contributed by atoms with E-state index in [-0.39, 0.29) is 0 Å². The average molecular weight is 295 g/mol. The molecular weight excluding hydrogens is 264 g/mol. The molecule has 0 aromatic carbocycles. The second kappa shape index (κ2) is 11.2. The Bertz CT molecular complexity index is 355. The molecule has 0 radical (unpaired) electrons. The zero-order chi connectivity index (χ0) is 14.6. The van der Waals surface area contributed by atoms with Crippen molar-refractivity contribution < 1.29 is 0 Å². The molecule has 0 aliphatic rings. The van der Waals surface area contributed by atoms with Crippen LogP contribution in [0, 0.1) is 6.92 Å². The van der Waals surface area contributed by atoms with E-state index in [4.69, 9.17) is 0 Å². The van der Waals surface area contributed by atoms with E-state index in [1.807, 2.05) is 0 Å². The largest absolute Gasteiger partial charge is 0.301 e. The number of nitrogens with zero attached hydrogens (tertiary/aromatic N) is 2. The zero-order valence-electron chi connectivity index (χ0n) is 13.1.